The lowest BCUT2D eigenvalue weighted by Crippen LogP contribution is -2.28. The van der Waals surface area contributed by atoms with E-state index in [1.165, 1.54) is 7.11 Å². The molecule has 0 N–H and O–H groups in total. The van der Waals surface area contributed by atoms with Gasteiger partial charge < -0.3 is 14.2 Å². The second kappa shape index (κ2) is 9.73. The maximum Gasteiger partial charge on any atom is 0.298 e. The quantitative estimate of drug-likeness (QED) is 0.392. The van der Waals surface area contributed by atoms with Gasteiger partial charge >= 0.3 is 0 Å². The zero-order chi connectivity index (χ0) is 21.7. The first kappa shape index (κ1) is 21.8. The molecule has 0 aliphatic carbocycles. The number of methoxy groups -OCH3 is 1. The summed E-state index contributed by atoms with van der Waals surface area (Å²) in [5.41, 5.74) is 1.01. The van der Waals surface area contributed by atoms with Crippen LogP contribution in [0, 0.1) is 0 Å². The minimum Gasteiger partial charge on any atom is -0.495 e. The number of hydrogen-bond donors (Lipinski definition) is 0. The molecule has 0 aromatic heterocycles. The average molecular weight is 446 g/mol. The van der Waals surface area contributed by atoms with E-state index in [4.69, 9.17) is 25.8 Å². The van der Waals surface area contributed by atoms with Crippen molar-refractivity contribution < 1.29 is 23.8 Å². The van der Waals surface area contributed by atoms with Crippen LogP contribution in [0.2, 0.25) is 5.02 Å². The van der Waals surface area contributed by atoms with Gasteiger partial charge in [-0.1, -0.05) is 36.4 Å². The molecule has 0 bridgehead atoms. The van der Waals surface area contributed by atoms with E-state index in [2.05, 4.69) is 6.58 Å². The standard InChI is InChI=1S/C22H20ClNO5S/c1-4-10-29-20-15(23)11-14(12-18(20)28-5-2)13-19-21(25)24(22(26)30-19)16-8-6-7-9-17(16)27-3/h4,6-9,11-13H,1,5,10H2,2-3H3/b19-13-. The Kier molecular flexibility index (Phi) is 7.07. The molecule has 2 amide bonds. The molecule has 156 valence electrons. The molecule has 30 heavy (non-hydrogen) atoms. The molecule has 0 unspecified atom stereocenters. The number of hydrogen-bond acceptors (Lipinski definition) is 6. The number of amides is 2. The molecule has 0 atom stereocenters. The fraction of sp³-hybridized carbons (Fsp3) is 0.182. The highest BCUT2D eigenvalue weighted by Gasteiger charge is 2.37. The van der Waals surface area contributed by atoms with Gasteiger partial charge in [0.1, 0.15) is 12.4 Å². The van der Waals surface area contributed by atoms with Crippen LogP contribution >= 0.6 is 23.4 Å². The third-order valence-electron chi connectivity index (χ3n) is 4.09. The number of carbonyl (C=O) groups is 2. The summed E-state index contributed by atoms with van der Waals surface area (Å²) in [6.07, 6.45) is 3.21. The van der Waals surface area contributed by atoms with Gasteiger partial charge in [-0.25, -0.2) is 4.90 Å². The van der Waals surface area contributed by atoms with Crippen LogP contribution in [-0.4, -0.2) is 31.5 Å². The van der Waals surface area contributed by atoms with E-state index in [1.54, 1.807) is 48.6 Å². The molecule has 2 aromatic rings. The molecular formula is C22H20ClNO5S. The van der Waals surface area contributed by atoms with E-state index >= 15 is 0 Å². The van der Waals surface area contributed by atoms with Crippen molar-refractivity contribution in [2.75, 3.05) is 25.2 Å². The minimum atomic E-state index is -0.435. The van der Waals surface area contributed by atoms with Gasteiger partial charge in [-0.3, -0.25) is 9.59 Å². The summed E-state index contributed by atoms with van der Waals surface area (Å²) < 4.78 is 16.5. The van der Waals surface area contributed by atoms with Crippen LogP contribution in [0.15, 0.2) is 54.0 Å². The number of carbonyl (C=O) groups excluding carboxylic acids is 2. The lowest BCUT2D eigenvalue weighted by Gasteiger charge is -2.15. The second-order valence-corrected chi connectivity index (χ2v) is 7.45. The van der Waals surface area contributed by atoms with Gasteiger partial charge in [-0.2, -0.15) is 0 Å². The fourth-order valence-electron chi connectivity index (χ4n) is 2.86. The Bertz CT molecular complexity index is 1020. The molecule has 1 heterocycles. The van der Waals surface area contributed by atoms with E-state index < -0.39 is 11.1 Å². The summed E-state index contributed by atoms with van der Waals surface area (Å²) in [6, 6.07) is 10.2. The van der Waals surface area contributed by atoms with Crippen LogP contribution < -0.4 is 19.1 Å². The monoisotopic (exact) mass is 445 g/mol. The molecule has 1 saturated heterocycles. The van der Waals surface area contributed by atoms with Crippen molar-refractivity contribution in [1.29, 1.82) is 0 Å². The predicted octanol–water partition coefficient (Wildman–Crippen LogP) is 5.55. The van der Waals surface area contributed by atoms with Crippen molar-refractivity contribution in [2.24, 2.45) is 0 Å². The van der Waals surface area contributed by atoms with Gasteiger partial charge in [0.25, 0.3) is 11.1 Å². The van der Waals surface area contributed by atoms with E-state index in [0.29, 0.717) is 40.1 Å². The highest BCUT2D eigenvalue weighted by molar-refractivity contribution is 8.19. The first-order chi connectivity index (χ1) is 14.5. The number of thioether (sulfide) groups is 1. The molecule has 0 spiro atoms. The van der Waals surface area contributed by atoms with Crippen LogP contribution in [0.3, 0.4) is 0 Å². The SMILES string of the molecule is C=CCOc1c(Cl)cc(/C=C2\SC(=O)N(c3ccccc3OC)C2=O)cc1OCC. The molecule has 1 fully saturated rings. The highest BCUT2D eigenvalue weighted by Crippen LogP contribution is 2.41. The number of ether oxygens (including phenoxy) is 3. The summed E-state index contributed by atoms with van der Waals surface area (Å²) >= 11 is 7.21. The van der Waals surface area contributed by atoms with Crippen molar-refractivity contribution in [3.05, 3.63) is 64.5 Å². The van der Waals surface area contributed by atoms with Crippen molar-refractivity contribution in [1.82, 2.24) is 0 Å². The Balaban J connectivity index is 1.96. The smallest absolute Gasteiger partial charge is 0.298 e. The van der Waals surface area contributed by atoms with E-state index in [-0.39, 0.29) is 11.5 Å². The Morgan fingerprint density at radius 1 is 1.17 bits per heavy atom. The average Bonchev–Trinajstić information content (AvgIpc) is 3.00. The van der Waals surface area contributed by atoms with Gasteiger partial charge in [0.05, 0.1) is 29.3 Å². The molecular weight excluding hydrogens is 426 g/mol. The first-order valence-electron chi connectivity index (χ1n) is 9.11. The van der Waals surface area contributed by atoms with Gasteiger partial charge in [0.2, 0.25) is 0 Å². The number of rotatable bonds is 8. The number of anilines is 1. The zero-order valence-corrected chi connectivity index (χ0v) is 18.1. The molecule has 1 aliphatic rings. The van der Waals surface area contributed by atoms with E-state index in [0.717, 1.165) is 16.7 Å². The highest BCUT2D eigenvalue weighted by atomic mass is 35.5. The summed E-state index contributed by atoms with van der Waals surface area (Å²) in [4.78, 5) is 26.9. The van der Waals surface area contributed by atoms with Crippen molar-refractivity contribution in [3.8, 4) is 17.2 Å². The normalized spacial score (nSPS) is 14.9. The summed E-state index contributed by atoms with van der Waals surface area (Å²) in [7, 11) is 1.49. The fourth-order valence-corrected chi connectivity index (χ4v) is 3.97. The molecule has 2 aromatic carbocycles. The lowest BCUT2D eigenvalue weighted by atomic mass is 10.1. The van der Waals surface area contributed by atoms with Gasteiger partial charge in [0, 0.05) is 0 Å². The number of halogens is 1. The predicted molar refractivity (Wildman–Crippen MR) is 120 cm³/mol. The van der Waals surface area contributed by atoms with Crippen LogP contribution in [0.5, 0.6) is 17.2 Å². The number of benzene rings is 2. The van der Waals surface area contributed by atoms with Crippen LogP contribution in [0.1, 0.15) is 12.5 Å². The summed E-state index contributed by atoms with van der Waals surface area (Å²) in [5.74, 6) is 0.849. The Hall–Kier alpha value is -2.90. The maximum absolute atomic E-state index is 13.0. The minimum absolute atomic E-state index is 0.268. The van der Waals surface area contributed by atoms with E-state index in [9.17, 15) is 9.59 Å². The Labute approximate surface area is 184 Å². The summed E-state index contributed by atoms with van der Waals surface area (Å²) in [6.45, 7) is 6.15. The molecule has 8 heteroatoms. The largest absolute Gasteiger partial charge is 0.495 e. The molecule has 0 saturated carbocycles. The van der Waals surface area contributed by atoms with Crippen LogP contribution in [0.4, 0.5) is 10.5 Å². The van der Waals surface area contributed by atoms with Crippen molar-refractivity contribution >= 4 is 46.3 Å². The number of nitrogens with zero attached hydrogens (tertiary/aromatic N) is 1. The molecule has 0 radical (unpaired) electrons. The lowest BCUT2D eigenvalue weighted by molar-refractivity contribution is -0.113. The first-order valence-corrected chi connectivity index (χ1v) is 10.3. The molecule has 3 rings (SSSR count). The molecule has 6 nitrogen and oxygen atoms in total. The van der Waals surface area contributed by atoms with Crippen molar-refractivity contribution in [2.45, 2.75) is 6.92 Å². The van der Waals surface area contributed by atoms with Gasteiger partial charge in [0.15, 0.2) is 11.5 Å². The van der Waals surface area contributed by atoms with Crippen molar-refractivity contribution in [3.63, 3.8) is 0 Å². The Morgan fingerprint density at radius 2 is 1.93 bits per heavy atom. The second-order valence-electron chi connectivity index (χ2n) is 6.05. The Morgan fingerprint density at radius 3 is 2.63 bits per heavy atom. The number of para-hydroxylation sites is 2. The third kappa shape index (κ3) is 4.47. The number of imide groups is 1. The van der Waals surface area contributed by atoms with E-state index in [1.807, 2.05) is 6.92 Å². The van der Waals surface area contributed by atoms with Gasteiger partial charge in [-0.15, -0.1) is 0 Å². The maximum atomic E-state index is 13.0. The third-order valence-corrected chi connectivity index (χ3v) is 5.25. The molecule has 1 aliphatic heterocycles. The summed E-state index contributed by atoms with van der Waals surface area (Å²) in [5, 5.41) is -0.0733. The van der Waals surface area contributed by atoms with Crippen LogP contribution in [-0.2, 0) is 4.79 Å². The zero-order valence-electron chi connectivity index (χ0n) is 16.5. The van der Waals surface area contributed by atoms with Gasteiger partial charge in [-0.05, 0) is 54.6 Å². The topological polar surface area (TPSA) is 65.1 Å². The van der Waals surface area contributed by atoms with Crippen LogP contribution in [0.25, 0.3) is 6.08 Å².